The van der Waals surface area contributed by atoms with Crippen LogP contribution in [0.4, 0.5) is 5.69 Å². The van der Waals surface area contributed by atoms with E-state index in [9.17, 15) is 4.79 Å². The van der Waals surface area contributed by atoms with Crippen LogP contribution in [0.2, 0.25) is 0 Å². The van der Waals surface area contributed by atoms with Crippen LogP contribution < -0.4 is 5.32 Å². The molecule has 3 aromatic rings. The summed E-state index contributed by atoms with van der Waals surface area (Å²) in [4.78, 5) is 12.6. The van der Waals surface area contributed by atoms with Gasteiger partial charge in [-0.3, -0.25) is 4.79 Å². The minimum atomic E-state index is -0.364. The van der Waals surface area contributed by atoms with Gasteiger partial charge in [-0.15, -0.1) is 10.2 Å². The Labute approximate surface area is 163 Å². The highest BCUT2D eigenvalue weighted by molar-refractivity contribution is 8.00. The lowest BCUT2D eigenvalue weighted by Crippen LogP contribution is -2.23. The predicted molar refractivity (Wildman–Crippen MR) is 109 cm³/mol. The number of rotatable bonds is 5. The Morgan fingerprint density at radius 1 is 1.04 bits per heavy atom. The maximum atomic E-state index is 12.6. The molecular weight excluding hydrogens is 358 g/mol. The van der Waals surface area contributed by atoms with Gasteiger partial charge in [-0.05, 0) is 57.9 Å². The van der Waals surface area contributed by atoms with Crippen molar-refractivity contribution in [2.45, 2.75) is 45.1 Å². The Morgan fingerprint density at radius 2 is 1.67 bits per heavy atom. The second kappa shape index (κ2) is 7.96. The number of nitrogens with one attached hydrogen (secondary N) is 1. The molecule has 1 N–H and O–H groups in total. The van der Waals surface area contributed by atoms with E-state index in [0.717, 1.165) is 33.5 Å². The minimum absolute atomic E-state index is 0.0939. The molecular formula is C21H23N3O2S. The summed E-state index contributed by atoms with van der Waals surface area (Å²) in [6.45, 7) is 9.85. The smallest absolute Gasteiger partial charge is 0.277 e. The van der Waals surface area contributed by atoms with Crippen LogP contribution in [0.15, 0.2) is 46.0 Å². The van der Waals surface area contributed by atoms with Gasteiger partial charge in [0, 0.05) is 11.3 Å². The molecule has 1 atom stereocenters. The van der Waals surface area contributed by atoms with Crippen LogP contribution in [0, 0.1) is 27.7 Å². The average Bonchev–Trinajstić information content (AvgIpc) is 3.06. The number of benzene rings is 2. The first-order valence-electron chi connectivity index (χ1n) is 8.79. The van der Waals surface area contributed by atoms with E-state index >= 15 is 0 Å². The number of aryl methyl sites for hydroxylation is 4. The van der Waals surface area contributed by atoms with Crippen LogP contribution in [0.3, 0.4) is 0 Å². The number of thioether (sulfide) groups is 1. The molecule has 0 saturated carbocycles. The van der Waals surface area contributed by atoms with Gasteiger partial charge in [0.25, 0.3) is 5.22 Å². The fourth-order valence-electron chi connectivity index (χ4n) is 2.91. The Hall–Kier alpha value is -2.60. The molecule has 0 radical (unpaired) electrons. The maximum Gasteiger partial charge on any atom is 0.277 e. The highest BCUT2D eigenvalue weighted by Crippen LogP contribution is 2.28. The molecule has 0 aliphatic rings. The Kier molecular flexibility index (Phi) is 5.65. The van der Waals surface area contributed by atoms with Crippen molar-refractivity contribution >= 4 is 23.4 Å². The minimum Gasteiger partial charge on any atom is -0.411 e. The summed E-state index contributed by atoms with van der Waals surface area (Å²) in [5, 5.41) is 11.2. The van der Waals surface area contributed by atoms with Gasteiger partial charge in [0.05, 0.1) is 5.25 Å². The normalized spacial score (nSPS) is 12.0. The summed E-state index contributed by atoms with van der Waals surface area (Å²) in [6.07, 6.45) is 0. The summed E-state index contributed by atoms with van der Waals surface area (Å²) in [5.74, 6) is 0.371. The van der Waals surface area contributed by atoms with E-state index in [0.29, 0.717) is 11.1 Å². The van der Waals surface area contributed by atoms with Crippen molar-refractivity contribution in [3.63, 3.8) is 0 Å². The third-order valence-corrected chi connectivity index (χ3v) is 5.19. The quantitative estimate of drug-likeness (QED) is 0.624. The van der Waals surface area contributed by atoms with Crippen molar-refractivity contribution in [1.29, 1.82) is 0 Å². The molecule has 0 unspecified atom stereocenters. The molecule has 6 heteroatoms. The first-order valence-corrected chi connectivity index (χ1v) is 9.67. The molecule has 1 aromatic heterocycles. The second-order valence-electron chi connectivity index (χ2n) is 6.77. The lowest BCUT2D eigenvalue weighted by atomic mass is 10.1. The van der Waals surface area contributed by atoms with Crippen LogP contribution in [0.1, 0.15) is 29.2 Å². The average molecular weight is 382 g/mol. The zero-order chi connectivity index (χ0) is 19.6. The first kappa shape index (κ1) is 19.2. The number of carbonyl (C=O) groups is 1. The van der Waals surface area contributed by atoms with Gasteiger partial charge >= 0.3 is 0 Å². The Balaban J connectivity index is 1.70. The number of amides is 1. The van der Waals surface area contributed by atoms with E-state index in [-0.39, 0.29) is 11.2 Å². The molecule has 0 spiro atoms. The third kappa shape index (κ3) is 4.57. The molecule has 1 amide bonds. The fraction of sp³-hybridized carbons (Fsp3) is 0.286. The monoisotopic (exact) mass is 381 g/mol. The van der Waals surface area contributed by atoms with Crippen molar-refractivity contribution < 1.29 is 9.21 Å². The number of aromatic nitrogens is 2. The largest absolute Gasteiger partial charge is 0.411 e. The standard InChI is InChI=1S/C21H23N3O2S/c1-12-9-13(2)11-17(10-12)20-23-24-21(26-20)27-16(5)19(25)22-18-14(3)7-6-8-15(18)4/h6-11,16H,1-5H3,(H,22,25)/t16-/m1/s1. The summed E-state index contributed by atoms with van der Waals surface area (Å²) in [6, 6.07) is 12.0. The number of para-hydroxylation sites is 1. The highest BCUT2D eigenvalue weighted by Gasteiger charge is 2.20. The van der Waals surface area contributed by atoms with Gasteiger partial charge in [0.2, 0.25) is 11.8 Å². The number of hydrogen-bond donors (Lipinski definition) is 1. The molecule has 5 nitrogen and oxygen atoms in total. The predicted octanol–water partition coefficient (Wildman–Crippen LogP) is 5.09. The molecule has 0 bridgehead atoms. The molecule has 0 aliphatic carbocycles. The van der Waals surface area contributed by atoms with E-state index < -0.39 is 0 Å². The molecule has 2 aromatic carbocycles. The van der Waals surface area contributed by atoms with Crippen molar-refractivity contribution in [3.05, 3.63) is 58.7 Å². The third-order valence-electron chi connectivity index (χ3n) is 4.25. The van der Waals surface area contributed by atoms with Crippen LogP contribution >= 0.6 is 11.8 Å². The Bertz CT molecular complexity index is 941. The topological polar surface area (TPSA) is 68.0 Å². The summed E-state index contributed by atoms with van der Waals surface area (Å²) < 4.78 is 5.76. The van der Waals surface area contributed by atoms with E-state index in [4.69, 9.17) is 4.42 Å². The first-order chi connectivity index (χ1) is 12.8. The Morgan fingerprint density at radius 3 is 2.30 bits per heavy atom. The van der Waals surface area contributed by atoms with Gasteiger partial charge in [0.1, 0.15) is 0 Å². The van der Waals surface area contributed by atoms with Crippen molar-refractivity contribution in [3.8, 4) is 11.5 Å². The van der Waals surface area contributed by atoms with Crippen LogP contribution in [-0.4, -0.2) is 21.4 Å². The highest BCUT2D eigenvalue weighted by atomic mass is 32.2. The molecule has 0 fully saturated rings. The van der Waals surface area contributed by atoms with Crippen molar-refractivity contribution in [2.24, 2.45) is 0 Å². The molecule has 0 aliphatic heterocycles. The number of carbonyl (C=O) groups excluding carboxylic acids is 1. The summed E-state index contributed by atoms with van der Waals surface area (Å²) >= 11 is 1.25. The van der Waals surface area contributed by atoms with Crippen LogP contribution in [0.5, 0.6) is 0 Å². The second-order valence-corrected chi connectivity index (χ2v) is 8.06. The number of nitrogens with zero attached hydrogens (tertiary/aromatic N) is 2. The van der Waals surface area contributed by atoms with Gasteiger partial charge in [-0.25, -0.2) is 0 Å². The maximum absolute atomic E-state index is 12.6. The van der Waals surface area contributed by atoms with Crippen molar-refractivity contribution in [1.82, 2.24) is 10.2 Å². The van der Waals surface area contributed by atoms with Gasteiger partial charge in [0.15, 0.2) is 0 Å². The van der Waals surface area contributed by atoms with Gasteiger partial charge in [-0.1, -0.05) is 47.2 Å². The lowest BCUT2D eigenvalue weighted by molar-refractivity contribution is -0.115. The van der Waals surface area contributed by atoms with E-state index in [1.165, 1.54) is 11.8 Å². The van der Waals surface area contributed by atoms with Crippen molar-refractivity contribution in [2.75, 3.05) is 5.32 Å². The fourth-order valence-corrected chi connectivity index (χ4v) is 3.60. The molecule has 140 valence electrons. The van der Waals surface area contributed by atoms with Crippen LogP contribution in [0.25, 0.3) is 11.5 Å². The molecule has 3 rings (SSSR count). The summed E-state index contributed by atoms with van der Waals surface area (Å²) in [7, 11) is 0. The van der Waals surface area contributed by atoms with E-state index in [1.54, 1.807) is 0 Å². The zero-order valence-corrected chi connectivity index (χ0v) is 17.0. The van der Waals surface area contributed by atoms with Gasteiger partial charge in [-0.2, -0.15) is 0 Å². The SMILES string of the molecule is Cc1cc(C)cc(-c2nnc(S[C@H](C)C(=O)Nc3c(C)cccc3C)o2)c1. The number of anilines is 1. The van der Waals surface area contributed by atoms with Gasteiger partial charge < -0.3 is 9.73 Å². The van der Waals surface area contributed by atoms with Crippen LogP contribution in [-0.2, 0) is 4.79 Å². The number of hydrogen-bond acceptors (Lipinski definition) is 5. The molecule has 27 heavy (non-hydrogen) atoms. The molecule has 0 saturated heterocycles. The lowest BCUT2D eigenvalue weighted by Gasteiger charge is -2.14. The van der Waals surface area contributed by atoms with E-state index in [2.05, 4.69) is 21.6 Å². The molecule has 1 heterocycles. The zero-order valence-electron chi connectivity index (χ0n) is 16.2. The summed E-state index contributed by atoms with van der Waals surface area (Å²) in [5.41, 5.74) is 6.10. The van der Waals surface area contributed by atoms with E-state index in [1.807, 2.05) is 65.0 Å².